The molecule has 0 aliphatic rings. The van der Waals surface area contributed by atoms with Gasteiger partial charge in [-0.2, -0.15) is 0 Å². The molecule has 0 saturated carbocycles. The average Bonchev–Trinajstić information content (AvgIpc) is 1.82. The molecule has 0 rings (SSSR count). The molecule has 9 heavy (non-hydrogen) atoms. The van der Waals surface area contributed by atoms with Gasteiger partial charge in [0.2, 0.25) is 0 Å². The Kier molecular flexibility index (Phi) is 3.83. The molecule has 0 amide bonds. The van der Waals surface area contributed by atoms with Gasteiger partial charge in [0.25, 0.3) is 0 Å². The monoisotopic (exact) mass is 130 g/mol. The van der Waals surface area contributed by atoms with Crippen molar-refractivity contribution in [2.75, 3.05) is 6.61 Å². The minimum absolute atomic E-state index is 0.0560. The SMILES string of the molecule is CC(=O)C(=N)CCON. The lowest BCUT2D eigenvalue weighted by Crippen LogP contribution is -2.13. The molecular weight excluding hydrogens is 120 g/mol. The summed E-state index contributed by atoms with van der Waals surface area (Å²) >= 11 is 0. The zero-order chi connectivity index (χ0) is 7.28. The fourth-order valence-electron chi connectivity index (χ4n) is 0.337. The van der Waals surface area contributed by atoms with Gasteiger partial charge >= 0.3 is 0 Å². The van der Waals surface area contributed by atoms with Crippen molar-refractivity contribution in [3.63, 3.8) is 0 Å². The normalized spacial score (nSPS) is 9.11. The molecule has 0 spiro atoms. The van der Waals surface area contributed by atoms with Gasteiger partial charge in [-0.1, -0.05) is 0 Å². The van der Waals surface area contributed by atoms with Crippen molar-refractivity contribution in [2.24, 2.45) is 5.90 Å². The number of Topliss-reactive ketones (excluding diaryl/α,β-unsaturated/α-hetero) is 1. The van der Waals surface area contributed by atoms with E-state index in [0.717, 1.165) is 0 Å². The lowest BCUT2D eigenvalue weighted by atomic mass is 10.2. The Morgan fingerprint density at radius 2 is 2.33 bits per heavy atom. The van der Waals surface area contributed by atoms with Gasteiger partial charge in [0.1, 0.15) is 0 Å². The molecule has 0 atom stereocenters. The van der Waals surface area contributed by atoms with E-state index in [2.05, 4.69) is 10.7 Å². The number of carbonyl (C=O) groups is 1. The lowest BCUT2D eigenvalue weighted by Gasteiger charge is -1.95. The summed E-state index contributed by atoms with van der Waals surface area (Å²) in [4.78, 5) is 14.5. The number of nitrogens with two attached hydrogens (primary N) is 1. The van der Waals surface area contributed by atoms with Crippen molar-refractivity contribution in [3.05, 3.63) is 0 Å². The van der Waals surface area contributed by atoms with E-state index in [-0.39, 0.29) is 18.1 Å². The first kappa shape index (κ1) is 8.26. The molecule has 0 fully saturated rings. The Balaban J connectivity index is 3.39. The molecule has 52 valence electrons. The topological polar surface area (TPSA) is 76.2 Å². The lowest BCUT2D eigenvalue weighted by molar-refractivity contribution is -0.111. The van der Waals surface area contributed by atoms with E-state index in [9.17, 15) is 4.79 Å². The van der Waals surface area contributed by atoms with Gasteiger partial charge in [0, 0.05) is 13.3 Å². The molecule has 0 radical (unpaired) electrons. The summed E-state index contributed by atoms with van der Waals surface area (Å²) in [5.41, 5.74) is 0.0560. The van der Waals surface area contributed by atoms with E-state index in [1.54, 1.807) is 0 Å². The van der Waals surface area contributed by atoms with E-state index in [4.69, 9.17) is 5.41 Å². The van der Waals surface area contributed by atoms with Crippen LogP contribution in [0.2, 0.25) is 0 Å². The van der Waals surface area contributed by atoms with Crippen LogP contribution in [0.25, 0.3) is 0 Å². The van der Waals surface area contributed by atoms with E-state index < -0.39 is 0 Å². The quantitative estimate of drug-likeness (QED) is 0.411. The second-order valence-corrected chi connectivity index (χ2v) is 1.66. The molecule has 0 aromatic carbocycles. The van der Waals surface area contributed by atoms with Crippen LogP contribution in [0.5, 0.6) is 0 Å². The molecule has 0 aromatic rings. The summed E-state index contributed by atoms with van der Waals surface area (Å²) in [6.07, 6.45) is 0.297. The number of hydrogen-bond donors (Lipinski definition) is 2. The first-order valence-electron chi connectivity index (χ1n) is 2.58. The van der Waals surface area contributed by atoms with Crippen molar-refractivity contribution < 1.29 is 9.63 Å². The van der Waals surface area contributed by atoms with Gasteiger partial charge in [0.05, 0.1) is 12.3 Å². The highest BCUT2D eigenvalue weighted by atomic mass is 16.6. The summed E-state index contributed by atoms with van der Waals surface area (Å²) in [6.45, 7) is 1.58. The average molecular weight is 130 g/mol. The maximum atomic E-state index is 10.3. The Hall–Kier alpha value is -0.740. The third-order valence-electron chi connectivity index (χ3n) is 0.895. The summed E-state index contributed by atoms with van der Waals surface area (Å²) in [5, 5.41) is 6.96. The zero-order valence-corrected chi connectivity index (χ0v) is 5.31. The van der Waals surface area contributed by atoms with Crippen molar-refractivity contribution in [1.29, 1.82) is 5.41 Å². The van der Waals surface area contributed by atoms with Crippen molar-refractivity contribution >= 4 is 11.5 Å². The number of rotatable bonds is 4. The minimum atomic E-state index is -0.230. The van der Waals surface area contributed by atoms with E-state index >= 15 is 0 Å². The second-order valence-electron chi connectivity index (χ2n) is 1.66. The maximum Gasteiger partial charge on any atom is 0.173 e. The molecule has 0 aliphatic carbocycles. The first-order chi connectivity index (χ1) is 4.18. The van der Waals surface area contributed by atoms with Gasteiger partial charge < -0.3 is 10.2 Å². The van der Waals surface area contributed by atoms with Gasteiger partial charge in [-0.3, -0.25) is 4.79 Å². The van der Waals surface area contributed by atoms with Crippen LogP contribution in [0.1, 0.15) is 13.3 Å². The molecule has 0 saturated heterocycles. The fraction of sp³-hybridized carbons (Fsp3) is 0.600. The van der Waals surface area contributed by atoms with E-state index in [1.807, 2.05) is 0 Å². The number of carbonyl (C=O) groups excluding carboxylic acids is 1. The minimum Gasteiger partial charge on any atom is -0.304 e. The highest BCUT2D eigenvalue weighted by Crippen LogP contribution is 1.84. The fourth-order valence-corrected chi connectivity index (χ4v) is 0.337. The van der Waals surface area contributed by atoms with Crippen LogP contribution in [0, 0.1) is 5.41 Å². The predicted octanol–water partition coefficient (Wildman–Crippen LogP) is -0.124. The number of nitrogens with one attached hydrogen (secondary N) is 1. The summed E-state index contributed by atoms with van der Waals surface area (Å²) in [5.74, 6) is 4.44. The number of hydrogen-bond acceptors (Lipinski definition) is 4. The van der Waals surface area contributed by atoms with Crippen LogP contribution in [0.4, 0.5) is 0 Å². The van der Waals surface area contributed by atoms with Gasteiger partial charge in [-0.15, -0.1) is 0 Å². The van der Waals surface area contributed by atoms with Crippen LogP contribution in [-0.4, -0.2) is 18.1 Å². The third-order valence-corrected chi connectivity index (χ3v) is 0.895. The van der Waals surface area contributed by atoms with Gasteiger partial charge in [-0.05, 0) is 0 Å². The van der Waals surface area contributed by atoms with E-state index in [1.165, 1.54) is 6.92 Å². The molecule has 4 heteroatoms. The summed E-state index contributed by atoms with van der Waals surface area (Å²) in [7, 11) is 0. The molecule has 0 bridgehead atoms. The second kappa shape index (κ2) is 4.17. The van der Waals surface area contributed by atoms with Gasteiger partial charge in [-0.25, -0.2) is 5.90 Å². The van der Waals surface area contributed by atoms with Crippen molar-refractivity contribution in [1.82, 2.24) is 0 Å². The maximum absolute atomic E-state index is 10.3. The molecular formula is C5H10N2O2. The Labute approximate surface area is 53.5 Å². The Bertz CT molecular complexity index is 122. The van der Waals surface area contributed by atoms with Crippen LogP contribution < -0.4 is 5.90 Å². The molecule has 4 nitrogen and oxygen atoms in total. The molecule has 3 N–H and O–H groups in total. The predicted molar refractivity (Wildman–Crippen MR) is 33.2 cm³/mol. The standard InChI is InChI=1S/C5H10N2O2/c1-4(8)5(6)2-3-9-7/h6H,2-3,7H2,1H3. The van der Waals surface area contributed by atoms with Crippen molar-refractivity contribution in [3.8, 4) is 0 Å². The Morgan fingerprint density at radius 1 is 1.78 bits per heavy atom. The molecule has 0 heterocycles. The Morgan fingerprint density at radius 3 is 2.67 bits per heavy atom. The zero-order valence-electron chi connectivity index (χ0n) is 5.31. The first-order valence-corrected chi connectivity index (χ1v) is 2.58. The largest absolute Gasteiger partial charge is 0.304 e. The van der Waals surface area contributed by atoms with Crippen LogP contribution in [0.3, 0.4) is 0 Å². The summed E-state index contributed by atoms with van der Waals surface area (Å²) in [6, 6.07) is 0. The van der Waals surface area contributed by atoms with Crippen LogP contribution in [-0.2, 0) is 9.63 Å². The third kappa shape index (κ3) is 3.81. The highest BCUT2D eigenvalue weighted by molar-refractivity contribution is 6.37. The molecule has 0 aromatic heterocycles. The number of ketones is 1. The van der Waals surface area contributed by atoms with Crippen molar-refractivity contribution in [2.45, 2.75) is 13.3 Å². The highest BCUT2D eigenvalue weighted by Gasteiger charge is 2.00. The molecule has 0 aliphatic heterocycles. The van der Waals surface area contributed by atoms with Crippen LogP contribution >= 0.6 is 0 Å². The van der Waals surface area contributed by atoms with E-state index in [0.29, 0.717) is 6.42 Å². The molecule has 0 unspecified atom stereocenters. The smallest absolute Gasteiger partial charge is 0.173 e. The van der Waals surface area contributed by atoms with Gasteiger partial charge in [0.15, 0.2) is 5.78 Å². The van der Waals surface area contributed by atoms with Crippen LogP contribution in [0.15, 0.2) is 0 Å². The summed E-state index contributed by atoms with van der Waals surface area (Å²) < 4.78 is 0.